The topological polar surface area (TPSA) is 398 Å². The largest absolute Gasteiger partial charge is 1.00 e. The number of fused-ring (bicyclic) bond motifs is 2. The molecule has 6 heterocycles. The number of benzene rings is 7. The Morgan fingerprint density at radius 3 is 1.24 bits per heavy atom. The van der Waals surface area contributed by atoms with Gasteiger partial charge in [0, 0.05) is 41.2 Å². The number of imide groups is 1. The smallest absolute Gasteiger partial charge is 0.416 e. The molecule has 31 nitrogen and oxygen atoms in total. The number of aromatic nitrogens is 6. The van der Waals surface area contributed by atoms with Crippen molar-refractivity contribution in [2.75, 3.05) is 91.5 Å². The first-order chi connectivity index (χ1) is 64.9. The van der Waals surface area contributed by atoms with Crippen molar-refractivity contribution in [2.24, 2.45) is 11.8 Å². The first kappa shape index (κ1) is 110. The van der Waals surface area contributed by atoms with Crippen LogP contribution < -0.4 is 94.3 Å². The summed E-state index contributed by atoms with van der Waals surface area (Å²) in [5.41, 5.74) is 18.7. The van der Waals surface area contributed by atoms with Crippen LogP contribution in [0.25, 0.3) is 45.1 Å². The van der Waals surface area contributed by atoms with Gasteiger partial charge in [-0.15, -0.1) is 0 Å². The number of carbonyl (C=O) groups is 6. The van der Waals surface area contributed by atoms with Crippen molar-refractivity contribution in [3.63, 3.8) is 0 Å². The lowest BCUT2D eigenvalue weighted by Crippen LogP contribution is -3.00. The van der Waals surface area contributed by atoms with E-state index < -0.39 is 31.1 Å². The van der Waals surface area contributed by atoms with Gasteiger partial charge in [0.2, 0.25) is 5.91 Å². The Balaban J connectivity index is 0.000000254. The SMILES string of the molecule is CC(C)[C@@H]1COC(=O)N1.COc1ccc(CC(=O)N2C(=O)OC[C@H]2C(C)C)cc1OC.COc1ccc([C@@H](C)C(=O)O)cc1OC.COc1ccc([C@@H](C)NC(=O)c2ccc3c(c2)nc(-c2ccccn2)n3C2CCCCC2)cc1OC.COc1ccc([C@@H](C)[NH3+])cc1OC.COc1ccc([C@@H](C)[NH3+])cc1OC.O=C(O)c1ccc2c(c1)nc(-c1ccccn1)n2C1CCCCC1.[2H]CF.[Cl-].[Cl-]. The molecule has 7 aromatic carbocycles. The maximum Gasteiger partial charge on any atom is 0.416 e. The minimum atomic E-state index is -1.00. The van der Waals surface area contributed by atoms with E-state index in [1.807, 2.05) is 150 Å². The minimum absolute atomic E-state index is 0. The van der Waals surface area contributed by atoms with Crippen molar-refractivity contribution >= 4 is 58.0 Å². The van der Waals surface area contributed by atoms with E-state index in [0.29, 0.717) is 70.2 Å². The van der Waals surface area contributed by atoms with Crippen molar-refractivity contribution in [3.05, 3.63) is 215 Å². The number of rotatable bonds is 26. The Bertz CT molecular complexity index is 5610. The average Bonchev–Trinajstić information content (AvgIpc) is 1.62. The van der Waals surface area contributed by atoms with Gasteiger partial charge in [0.05, 0.1) is 138 Å². The molecule has 0 spiro atoms. The Morgan fingerprint density at radius 1 is 0.485 bits per heavy atom. The van der Waals surface area contributed by atoms with Crippen LogP contribution in [0.1, 0.15) is 206 Å². The summed E-state index contributed by atoms with van der Waals surface area (Å²) < 4.78 is 81.7. The zero-order valence-electron chi connectivity index (χ0n) is 81.8. The molecule has 4 aliphatic rings. The number of hydrogen-bond acceptors (Lipinski definition) is 22. The number of imidazole rings is 2. The molecule has 6 atom stereocenters. The average molecular weight is 1920 g/mol. The fourth-order valence-electron chi connectivity index (χ4n) is 15.5. The van der Waals surface area contributed by atoms with Crippen molar-refractivity contribution in [1.82, 2.24) is 44.6 Å². The maximum atomic E-state index is 13.2. The monoisotopic (exact) mass is 1920 g/mol. The number of nitrogens with zero attached hydrogens (tertiary/aromatic N) is 7. The highest BCUT2D eigenvalue weighted by molar-refractivity contribution is 5.98. The van der Waals surface area contributed by atoms with Crippen LogP contribution in [0.3, 0.4) is 0 Å². The molecule has 4 aromatic heterocycles. The third kappa shape index (κ3) is 30.2. The molecule has 4 amide bonds. The van der Waals surface area contributed by atoms with Crippen LogP contribution in [0.15, 0.2) is 176 Å². The molecule has 15 rings (SSSR count). The Labute approximate surface area is 809 Å². The molecule has 11 aromatic rings. The summed E-state index contributed by atoms with van der Waals surface area (Å²) in [7, 11) is 14.9. The van der Waals surface area contributed by atoms with Gasteiger partial charge >= 0.3 is 24.1 Å². The molecule has 0 unspecified atom stereocenters. The highest BCUT2D eigenvalue weighted by Crippen LogP contribution is 2.40. The van der Waals surface area contributed by atoms with Gasteiger partial charge in [-0.05, 0) is 215 Å². The number of alkyl halides is 1. The molecule has 2 saturated carbocycles. The van der Waals surface area contributed by atoms with Gasteiger partial charge in [0.15, 0.2) is 69.1 Å². The van der Waals surface area contributed by atoms with Crippen LogP contribution >= 0.6 is 0 Å². The lowest BCUT2D eigenvalue weighted by molar-refractivity contribution is -0.420. The van der Waals surface area contributed by atoms with Gasteiger partial charge in [-0.1, -0.05) is 96.6 Å². The van der Waals surface area contributed by atoms with Crippen molar-refractivity contribution in [1.29, 1.82) is 0 Å². The van der Waals surface area contributed by atoms with Crippen LogP contribution in [0.4, 0.5) is 14.0 Å². The number of cyclic esters (lactones) is 2. The van der Waals surface area contributed by atoms with Crippen LogP contribution in [-0.2, 0) is 25.5 Å². The van der Waals surface area contributed by atoms with Gasteiger partial charge in [-0.3, -0.25) is 28.7 Å². The molecular formula is C102H132Cl2FN11O20. The summed E-state index contributed by atoms with van der Waals surface area (Å²) in [6, 6.07) is 51.6. The number of carbonyl (C=O) groups excluding carboxylic acids is 4. The number of carboxylic acids is 2. The predicted octanol–water partition coefficient (Wildman–Crippen LogP) is 11.9. The minimum Gasteiger partial charge on any atom is -1.00 e. The third-order valence-electron chi connectivity index (χ3n) is 23.3. The summed E-state index contributed by atoms with van der Waals surface area (Å²) in [6.45, 7) is 16.5. The lowest BCUT2D eigenvalue weighted by Gasteiger charge is -2.25. The number of hydrogen-bond donors (Lipinski definition) is 6. The Morgan fingerprint density at radius 2 is 0.875 bits per heavy atom. The van der Waals surface area contributed by atoms with E-state index in [9.17, 15) is 38.3 Å². The maximum absolute atomic E-state index is 13.2. The van der Waals surface area contributed by atoms with E-state index in [1.54, 1.807) is 118 Å². The molecule has 2 saturated heterocycles. The molecule has 2 aliphatic heterocycles. The highest BCUT2D eigenvalue weighted by atomic mass is 35.5. The van der Waals surface area contributed by atoms with Crippen molar-refractivity contribution in [2.45, 2.75) is 174 Å². The summed E-state index contributed by atoms with van der Waals surface area (Å²) in [4.78, 5) is 89.9. The molecule has 2 aliphatic carbocycles. The number of carboxylic acid groups (broad SMARTS) is 2. The van der Waals surface area contributed by atoms with Crippen molar-refractivity contribution < 1.29 is 138 Å². The summed E-state index contributed by atoms with van der Waals surface area (Å²) in [6.07, 6.45) is 14.8. The standard InChI is InChI=1S/C29H32N4O3.C19H19N3O2.C16H21NO5.C11H14O4.2C10H15NO2.C6H11NO2.CH3F.2ClH/c1-19(20-13-15-26(35-2)27(18-20)36-3)31-29(34)21-12-14-25-24(17-21)32-28(23-11-7-8-16-30-23)33(25)22-9-5-4-6-10-22;23-19(24)13-9-10-17-16(12-13)21-18(15-8-4-5-11-20-15)22(17)14-6-2-1-3-7-14;1-10(2)12-9-22-16(19)17(12)15(18)8-11-5-6-13(20-3)14(7-11)21-4;1-7(11(12)13)8-4-5-9(14-2)10(6-8)15-3;2*1-7(11)8-4-5-9(12-2)10(6-8)13-3;1-4(2)5-3-9-6(8)7-5;1-2;;/h7-8,11-19,22H,4-6,9-10H2,1-3H3,(H,31,34);4-5,8-12,14H,1-3,6-7H2,(H,23,24);5-7,10,12H,8-9H2,1-4H3;4-7H,1-3H3,(H,12,13);2*4-7H,11H2,1-3H3;4-5H,3H2,1-2H3,(H,7,8);1H3;2*1H/t19-;;12-;3*7-;5-;;;/m1.01110.../s1/i;;;;;;;1D;;. The van der Waals surface area contributed by atoms with E-state index >= 15 is 0 Å². The van der Waals surface area contributed by atoms with Gasteiger partial charge in [-0.25, -0.2) is 29.3 Å². The Hall–Kier alpha value is -13.2. The number of methoxy groups -OCH3 is 10. The highest BCUT2D eigenvalue weighted by Gasteiger charge is 2.40. The number of quaternary nitrogens is 2. The van der Waals surface area contributed by atoms with E-state index in [1.165, 1.54) is 64.8 Å². The fourth-order valence-corrected chi connectivity index (χ4v) is 15.5. The second kappa shape index (κ2) is 55.6. The quantitative estimate of drug-likeness (QED) is 0.0293. The predicted molar refractivity (Wildman–Crippen MR) is 510 cm³/mol. The molecule has 136 heavy (non-hydrogen) atoms. The van der Waals surface area contributed by atoms with E-state index in [-0.39, 0.29) is 97.4 Å². The number of amides is 4. The molecule has 34 heteroatoms. The van der Waals surface area contributed by atoms with E-state index in [2.05, 4.69) is 59.8 Å². The fraction of sp³-hybridized carbons (Fsp3) is 0.412. The first-order valence-electron chi connectivity index (χ1n) is 45.3. The molecule has 0 radical (unpaired) electrons. The molecule has 10 N–H and O–H groups in total. The molecule has 736 valence electrons. The number of ether oxygens (including phenoxy) is 12. The lowest BCUT2D eigenvalue weighted by atomic mass is 9.95. The Kier molecular flexibility index (Phi) is 44.9. The first-order valence-corrected chi connectivity index (χ1v) is 44.5. The normalized spacial score (nSPS) is 15.1. The number of alkyl carbamates (subject to hydrolysis) is 1. The number of nitrogens with one attached hydrogen (secondary N) is 2. The summed E-state index contributed by atoms with van der Waals surface area (Å²) in [5.74, 6) is 6.18. The van der Waals surface area contributed by atoms with E-state index in [4.69, 9.17) is 68.6 Å². The van der Waals surface area contributed by atoms with Crippen LogP contribution in [0, 0.1) is 11.8 Å². The summed E-state index contributed by atoms with van der Waals surface area (Å²) in [5, 5.41) is 23.9. The second-order valence-corrected chi connectivity index (χ2v) is 33.0. The van der Waals surface area contributed by atoms with Crippen LogP contribution in [-0.4, -0.2) is 184 Å². The van der Waals surface area contributed by atoms with Gasteiger partial charge in [0.1, 0.15) is 36.7 Å². The van der Waals surface area contributed by atoms with Gasteiger partial charge in [-0.2, -0.15) is 0 Å². The molecular weight excluding hydrogens is 1790 g/mol. The van der Waals surface area contributed by atoms with Gasteiger partial charge < -0.3 is 123 Å². The zero-order chi connectivity index (χ0) is 98.5. The number of pyridine rings is 2. The third-order valence-corrected chi connectivity index (χ3v) is 23.3. The number of aliphatic carboxylic acids is 1. The second-order valence-electron chi connectivity index (χ2n) is 33.0. The number of halogens is 3. The summed E-state index contributed by atoms with van der Waals surface area (Å²) >= 11 is 0. The van der Waals surface area contributed by atoms with Crippen molar-refractivity contribution in [3.8, 4) is 80.5 Å². The molecule has 4 fully saturated rings. The molecule has 0 bridgehead atoms. The van der Waals surface area contributed by atoms with Crippen LogP contribution in [0.2, 0.25) is 0 Å². The van der Waals surface area contributed by atoms with Gasteiger partial charge in [0.25, 0.3) is 5.91 Å². The zero-order valence-corrected chi connectivity index (χ0v) is 82.3. The van der Waals surface area contributed by atoms with E-state index in [0.717, 1.165) is 116 Å². The van der Waals surface area contributed by atoms with Crippen LogP contribution in [0.5, 0.6) is 57.5 Å². The number of aromatic carboxylic acids is 1.